The molecule has 0 aliphatic rings. The molecule has 2 aromatic rings. The molecule has 0 saturated carbocycles. The van der Waals surface area contributed by atoms with Crippen LogP contribution in [0, 0.1) is 17.1 Å². The van der Waals surface area contributed by atoms with Crippen LogP contribution in [0.4, 0.5) is 16.0 Å². The molecule has 0 bridgehead atoms. The Morgan fingerprint density at radius 1 is 1.50 bits per heavy atom. The van der Waals surface area contributed by atoms with Gasteiger partial charge in [-0.05, 0) is 26.0 Å². The third-order valence-electron chi connectivity index (χ3n) is 2.61. The zero-order valence-corrected chi connectivity index (χ0v) is 11.7. The lowest BCUT2D eigenvalue weighted by Crippen LogP contribution is -2.11. The van der Waals surface area contributed by atoms with Gasteiger partial charge in [0.05, 0.1) is 5.02 Å². The van der Waals surface area contributed by atoms with E-state index in [4.69, 9.17) is 22.6 Å². The van der Waals surface area contributed by atoms with Gasteiger partial charge in [-0.1, -0.05) is 17.7 Å². The fourth-order valence-electron chi connectivity index (χ4n) is 1.78. The molecule has 5 nitrogen and oxygen atoms in total. The summed E-state index contributed by atoms with van der Waals surface area (Å²) in [7, 11) is 0. The normalized spacial score (nSPS) is 10.6. The van der Waals surface area contributed by atoms with E-state index in [-0.39, 0.29) is 28.1 Å². The van der Waals surface area contributed by atoms with Gasteiger partial charge < -0.3 is 11.1 Å². The minimum Gasteiger partial charge on any atom is -0.382 e. The first kappa shape index (κ1) is 14.2. The van der Waals surface area contributed by atoms with Crippen LogP contribution in [0.1, 0.15) is 19.4 Å². The molecule has 1 heterocycles. The number of para-hydroxylation sites is 1. The number of rotatable bonds is 3. The second-order valence-electron chi connectivity index (χ2n) is 4.50. The van der Waals surface area contributed by atoms with Gasteiger partial charge in [-0.15, -0.1) is 5.10 Å². The molecule has 0 amide bonds. The number of anilines is 2. The van der Waals surface area contributed by atoms with Gasteiger partial charge in [0.15, 0.2) is 5.82 Å². The number of benzene rings is 1. The zero-order chi connectivity index (χ0) is 14.9. The van der Waals surface area contributed by atoms with Gasteiger partial charge in [0.1, 0.15) is 29.0 Å². The highest BCUT2D eigenvalue weighted by molar-refractivity contribution is 6.32. The SMILES string of the molecule is CC(C)Nc1nn(-c2c(F)cccc2Cl)c(N)c1C#N. The number of nitriles is 1. The van der Waals surface area contributed by atoms with Crippen molar-refractivity contribution in [3.8, 4) is 11.8 Å². The molecular weight excluding hydrogens is 281 g/mol. The molecule has 3 N–H and O–H groups in total. The number of nitrogen functional groups attached to an aromatic ring is 1. The topological polar surface area (TPSA) is 79.7 Å². The van der Waals surface area contributed by atoms with Gasteiger partial charge in [-0.3, -0.25) is 0 Å². The van der Waals surface area contributed by atoms with E-state index >= 15 is 0 Å². The monoisotopic (exact) mass is 293 g/mol. The molecule has 0 atom stereocenters. The number of nitrogens with one attached hydrogen (secondary N) is 1. The Kier molecular flexibility index (Phi) is 3.81. The van der Waals surface area contributed by atoms with Crippen LogP contribution in [0.15, 0.2) is 18.2 Å². The summed E-state index contributed by atoms with van der Waals surface area (Å²) in [6, 6.07) is 6.29. The molecule has 0 aliphatic carbocycles. The summed E-state index contributed by atoms with van der Waals surface area (Å²) in [4.78, 5) is 0. The van der Waals surface area contributed by atoms with Gasteiger partial charge in [-0.25, -0.2) is 9.07 Å². The lowest BCUT2D eigenvalue weighted by Gasteiger charge is -2.07. The summed E-state index contributed by atoms with van der Waals surface area (Å²) in [5.41, 5.74) is 6.07. The van der Waals surface area contributed by atoms with Crippen LogP contribution in [-0.4, -0.2) is 15.8 Å². The molecule has 0 radical (unpaired) electrons. The lowest BCUT2D eigenvalue weighted by molar-refractivity contribution is 0.612. The van der Waals surface area contributed by atoms with Crippen LogP contribution in [-0.2, 0) is 0 Å². The second-order valence-corrected chi connectivity index (χ2v) is 4.91. The molecule has 0 saturated heterocycles. The molecule has 1 aromatic heterocycles. The first-order valence-corrected chi connectivity index (χ1v) is 6.33. The van der Waals surface area contributed by atoms with E-state index in [1.165, 1.54) is 18.2 Å². The molecule has 0 spiro atoms. The highest BCUT2D eigenvalue weighted by Gasteiger charge is 2.20. The Morgan fingerprint density at radius 2 is 2.20 bits per heavy atom. The van der Waals surface area contributed by atoms with Crippen LogP contribution >= 0.6 is 11.6 Å². The summed E-state index contributed by atoms with van der Waals surface area (Å²) in [6.45, 7) is 3.79. The minimum atomic E-state index is -0.563. The molecular formula is C13H13ClFN5. The van der Waals surface area contributed by atoms with Gasteiger partial charge in [0, 0.05) is 6.04 Å². The van der Waals surface area contributed by atoms with Gasteiger partial charge in [0.2, 0.25) is 0 Å². The van der Waals surface area contributed by atoms with Crippen molar-refractivity contribution < 1.29 is 4.39 Å². The van der Waals surface area contributed by atoms with E-state index in [2.05, 4.69) is 10.4 Å². The van der Waals surface area contributed by atoms with Crippen molar-refractivity contribution in [1.82, 2.24) is 9.78 Å². The average Bonchev–Trinajstić information content (AvgIpc) is 2.65. The molecule has 7 heteroatoms. The maximum Gasteiger partial charge on any atom is 0.168 e. The van der Waals surface area contributed by atoms with Crippen LogP contribution < -0.4 is 11.1 Å². The predicted molar refractivity (Wildman–Crippen MR) is 76.4 cm³/mol. The largest absolute Gasteiger partial charge is 0.382 e. The molecule has 0 aliphatic heterocycles. The van der Waals surface area contributed by atoms with Crippen molar-refractivity contribution in [2.75, 3.05) is 11.1 Å². The van der Waals surface area contributed by atoms with Crippen LogP contribution in [0.5, 0.6) is 0 Å². The van der Waals surface area contributed by atoms with E-state index in [9.17, 15) is 4.39 Å². The quantitative estimate of drug-likeness (QED) is 0.912. The Balaban J connectivity index is 2.65. The van der Waals surface area contributed by atoms with E-state index in [1.54, 1.807) is 0 Å². The lowest BCUT2D eigenvalue weighted by atomic mass is 10.3. The summed E-state index contributed by atoms with van der Waals surface area (Å²) in [6.07, 6.45) is 0. The van der Waals surface area contributed by atoms with Gasteiger partial charge in [0.25, 0.3) is 0 Å². The zero-order valence-electron chi connectivity index (χ0n) is 11.0. The molecule has 1 aromatic carbocycles. The van der Waals surface area contributed by atoms with E-state index in [0.717, 1.165) is 4.68 Å². The van der Waals surface area contributed by atoms with Gasteiger partial charge in [-0.2, -0.15) is 5.26 Å². The number of hydrogen-bond acceptors (Lipinski definition) is 4. The first-order chi connectivity index (χ1) is 9.45. The smallest absolute Gasteiger partial charge is 0.168 e. The second kappa shape index (κ2) is 5.39. The Morgan fingerprint density at radius 3 is 2.75 bits per heavy atom. The summed E-state index contributed by atoms with van der Waals surface area (Å²) in [5, 5.41) is 16.5. The molecule has 20 heavy (non-hydrogen) atoms. The number of nitrogens with zero attached hydrogens (tertiary/aromatic N) is 3. The summed E-state index contributed by atoms with van der Waals surface area (Å²) in [5.74, 6) is -0.214. The van der Waals surface area contributed by atoms with Crippen LogP contribution in [0.2, 0.25) is 5.02 Å². The van der Waals surface area contributed by atoms with Crippen molar-refractivity contribution in [3.05, 3.63) is 34.6 Å². The number of halogens is 2. The van der Waals surface area contributed by atoms with E-state index in [0.29, 0.717) is 5.82 Å². The Hall–Kier alpha value is -2.26. The standard InChI is InChI=1S/C13H13ClFN5/c1-7(2)18-13-8(6-16)12(17)20(19-13)11-9(14)4-3-5-10(11)15/h3-5,7H,17H2,1-2H3,(H,18,19). The van der Waals surface area contributed by atoms with Crippen molar-refractivity contribution in [3.63, 3.8) is 0 Å². The fourth-order valence-corrected chi connectivity index (χ4v) is 2.02. The third-order valence-corrected chi connectivity index (χ3v) is 2.91. The number of hydrogen-bond donors (Lipinski definition) is 2. The van der Waals surface area contributed by atoms with Crippen molar-refractivity contribution in [2.45, 2.75) is 19.9 Å². The Bertz CT molecular complexity index is 667. The third kappa shape index (κ3) is 2.40. The highest BCUT2D eigenvalue weighted by Crippen LogP contribution is 2.30. The van der Waals surface area contributed by atoms with Crippen LogP contribution in [0.25, 0.3) is 5.69 Å². The number of nitrogens with two attached hydrogens (primary N) is 1. The fraction of sp³-hybridized carbons (Fsp3) is 0.231. The van der Waals surface area contributed by atoms with Crippen LogP contribution in [0.3, 0.4) is 0 Å². The number of aromatic nitrogens is 2. The average molecular weight is 294 g/mol. The maximum absolute atomic E-state index is 13.9. The van der Waals surface area contributed by atoms with Crippen molar-refractivity contribution in [1.29, 1.82) is 5.26 Å². The first-order valence-electron chi connectivity index (χ1n) is 5.95. The molecule has 104 valence electrons. The Labute approximate surface area is 120 Å². The highest BCUT2D eigenvalue weighted by atomic mass is 35.5. The predicted octanol–water partition coefficient (Wildman–Crippen LogP) is 2.94. The minimum absolute atomic E-state index is 0.0278. The molecule has 2 rings (SSSR count). The van der Waals surface area contributed by atoms with Crippen molar-refractivity contribution >= 4 is 23.2 Å². The molecule has 0 fully saturated rings. The van der Waals surface area contributed by atoms with Gasteiger partial charge >= 0.3 is 0 Å². The summed E-state index contributed by atoms with van der Waals surface area (Å²) < 4.78 is 15.1. The van der Waals surface area contributed by atoms with Crippen molar-refractivity contribution in [2.24, 2.45) is 0 Å². The maximum atomic E-state index is 13.9. The summed E-state index contributed by atoms with van der Waals surface area (Å²) >= 11 is 5.99. The van der Waals surface area contributed by atoms with E-state index < -0.39 is 5.82 Å². The van der Waals surface area contributed by atoms with E-state index in [1.807, 2.05) is 19.9 Å². The molecule has 0 unspecified atom stereocenters.